The van der Waals surface area contributed by atoms with Gasteiger partial charge in [-0.25, -0.2) is 0 Å². The Hall–Kier alpha value is 0.434. The molecule has 0 aromatic heterocycles. The van der Waals surface area contributed by atoms with Gasteiger partial charge in [-0.3, -0.25) is 0 Å². The Morgan fingerprint density at radius 1 is 1.56 bits per heavy atom. The van der Waals surface area contributed by atoms with Gasteiger partial charge in [0, 0.05) is 12.4 Å². The minimum absolute atomic E-state index is 0. The van der Waals surface area contributed by atoms with Gasteiger partial charge in [-0.1, -0.05) is 0 Å². The van der Waals surface area contributed by atoms with E-state index in [-0.39, 0.29) is 45.3 Å². The normalized spacial score (nSPS) is 4.11. The third-order valence-corrected chi connectivity index (χ3v) is 0. The Balaban J connectivity index is -0.0000000233. The van der Waals surface area contributed by atoms with Gasteiger partial charge in [-0.05, 0) is 6.92 Å². The summed E-state index contributed by atoms with van der Waals surface area (Å²) in [5, 5.41) is 17.1. The van der Waals surface area contributed by atoms with Gasteiger partial charge in [0.1, 0.15) is 0 Å². The van der Waals surface area contributed by atoms with E-state index in [0.717, 1.165) is 6.92 Å². The summed E-state index contributed by atoms with van der Waals surface area (Å²) in [6.45, 7) is 0.472. The van der Waals surface area contributed by atoms with E-state index >= 15 is 0 Å². The first-order chi connectivity index (χ1) is 3.15. The van der Waals surface area contributed by atoms with Crippen LogP contribution >= 0.6 is 0 Å². The third kappa shape index (κ3) is 1860. The van der Waals surface area contributed by atoms with Gasteiger partial charge in [-0.2, -0.15) is 0 Å². The molecule has 0 amide bonds. The topological polar surface area (TPSA) is 80.3 Å². The van der Waals surface area contributed by atoms with Crippen LogP contribution in [0.25, 0.3) is 0 Å². The number of carboxylic acids is 1. The van der Waals surface area contributed by atoms with Crippen LogP contribution < -0.4 is 10.2 Å². The van der Waals surface area contributed by atoms with Gasteiger partial charge in [-0.15, -0.1) is 0 Å². The van der Waals surface area contributed by atoms with Crippen LogP contribution in [0.1, 0.15) is 6.92 Å². The van der Waals surface area contributed by atoms with E-state index in [0.29, 0.717) is 0 Å². The largest absolute Gasteiger partial charge is 3.00 e. The Labute approximate surface area is 84.2 Å². The first-order valence-corrected chi connectivity index (χ1v) is 1.38. The van der Waals surface area contributed by atoms with E-state index in [4.69, 9.17) is 19.8 Å². The summed E-state index contributed by atoms with van der Waals surface area (Å²) in [6, 6.07) is 0. The zero-order chi connectivity index (χ0) is 6.28. The fourth-order valence-corrected chi connectivity index (χ4v) is 0. The number of carboxylic acid groups (broad SMARTS) is 2. The Kier molecular flexibility index (Phi) is 59.9. The zero-order valence-corrected chi connectivity index (χ0v) is 11.3. The molecule has 0 fully saturated rings. The van der Waals surface area contributed by atoms with Crippen molar-refractivity contribution in [3.05, 3.63) is 0 Å². The van der Waals surface area contributed by atoms with Crippen LogP contribution in [-0.2, 0) is 29.1 Å². The van der Waals surface area contributed by atoms with E-state index in [1.807, 2.05) is 0 Å². The molecule has 42 valence electrons. The van der Waals surface area contributed by atoms with Crippen LogP contribution in [-0.4, -0.2) is 38.3 Å². The molecule has 0 rings (SSSR count). The molecule has 0 bridgehead atoms. The number of carbonyl (C=O) groups excluding carboxylic acids is 2. The smallest absolute Gasteiger partial charge is 0.554 e. The van der Waals surface area contributed by atoms with Crippen molar-refractivity contribution in [3.8, 4) is 0 Å². The number of aliphatic carboxylic acids is 1. The van der Waals surface area contributed by atoms with Crippen LogP contribution in [0.2, 0.25) is 0 Å². The SMILES string of the molecule is CC(=O)[O-].O=C[O-].[In+3].[Zn+2]. The summed E-state index contributed by atoms with van der Waals surface area (Å²) in [4.78, 5) is 17.1. The Morgan fingerprint density at radius 2 is 1.56 bits per heavy atom. The minimum atomic E-state index is -1.08. The molecule has 0 spiro atoms. The van der Waals surface area contributed by atoms with Gasteiger partial charge in [0.05, 0.1) is 0 Å². The van der Waals surface area contributed by atoms with Crippen molar-refractivity contribution in [2.45, 2.75) is 6.92 Å². The molecule has 0 saturated carbocycles. The molecule has 0 radical (unpaired) electrons. The van der Waals surface area contributed by atoms with E-state index in [1.165, 1.54) is 0 Å². The summed E-state index contributed by atoms with van der Waals surface area (Å²) in [7, 11) is 0. The van der Waals surface area contributed by atoms with E-state index in [2.05, 4.69) is 0 Å². The molecule has 0 aliphatic rings. The fourth-order valence-electron chi connectivity index (χ4n) is 0. The van der Waals surface area contributed by atoms with Crippen molar-refractivity contribution in [3.63, 3.8) is 0 Å². The quantitative estimate of drug-likeness (QED) is 0.345. The number of rotatable bonds is 0. The molecule has 9 heavy (non-hydrogen) atoms. The maximum Gasteiger partial charge on any atom is 3.00 e. The standard InChI is InChI=1S/C2H4O2.CH2O2.In.Zn/c1-2(3)4;2-1-3;;/h1H3,(H,3,4);1H,(H,2,3);;/q;;+3;+2/p-2. The van der Waals surface area contributed by atoms with Gasteiger partial charge in [0.2, 0.25) is 0 Å². The van der Waals surface area contributed by atoms with E-state index in [1.54, 1.807) is 0 Å². The van der Waals surface area contributed by atoms with Crippen LogP contribution in [0.4, 0.5) is 0 Å². The van der Waals surface area contributed by atoms with Crippen LogP contribution in [0.3, 0.4) is 0 Å². The van der Waals surface area contributed by atoms with Crippen LogP contribution in [0.5, 0.6) is 0 Å². The summed E-state index contributed by atoms with van der Waals surface area (Å²) < 4.78 is 0. The van der Waals surface area contributed by atoms with Crippen LogP contribution in [0.15, 0.2) is 0 Å². The molecule has 0 aromatic rings. The second-order valence-corrected chi connectivity index (χ2v) is 0.588. The van der Waals surface area contributed by atoms with Crippen molar-refractivity contribution < 1.29 is 39.3 Å². The summed E-state index contributed by atoms with van der Waals surface area (Å²) in [6.07, 6.45) is 0. The molecule has 0 aliphatic heterocycles. The van der Waals surface area contributed by atoms with Crippen molar-refractivity contribution in [2.75, 3.05) is 0 Å². The molecule has 0 aromatic carbocycles. The molecule has 0 unspecified atom stereocenters. The minimum Gasteiger partial charge on any atom is -0.554 e. The average molecular weight is 284 g/mol. The van der Waals surface area contributed by atoms with Crippen molar-refractivity contribution in [1.29, 1.82) is 0 Å². The molecule has 0 atom stereocenters. The van der Waals surface area contributed by atoms with Crippen LogP contribution in [0, 0.1) is 0 Å². The monoisotopic (exact) mass is 283 g/mol. The number of carbonyl (C=O) groups is 2. The molecule has 0 N–H and O–H groups in total. The Morgan fingerprint density at radius 3 is 1.56 bits per heavy atom. The molecule has 0 heterocycles. The zero-order valence-electron chi connectivity index (χ0n) is 4.99. The predicted octanol–water partition coefficient (Wildman–Crippen LogP) is -3.26. The average Bonchev–Trinajstić information content (AvgIpc) is 1.33. The summed E-state index contributed by atoms with van der Waals surface area (Å²) in [5.41, 5.74) is 0. The molecule has 6 heteroatoms. The first kappa shape index (κ1) is 22.7. The molecular formula is C3H4InO4Zn+3. The third-order valence-electron chi connectivity index (χ3n) is 0. The molecule has 4 nitrogen and oxygen atoms in total. The van der Waals surface area contributed by atoms with Gasteiger partial charge in [0.15, 0.2) is 0 Å². The number of hydrogen-bond donors (Lipinski definition) is 0. The predicted molar refractivity (Wildman–Crippen MR) is 22.5 cm³/mol. The van der Waals surface area contributed by atoms with Crippen molar-refractivity contribution >= 4 is 38.3 Å². The van der Waals surface area contributed by atoms with E-state index < -0.39 is 12.4 Å². The molecular weight excluding hydrogens is 280 g/mol. The van der Waals surface area contributed by atoms with Gasteiger partial charge in [0.25, 0.3) is 0 Å². The second kappa shape index (κ2) is 23.7. The maximum atomic E-state index is 8.89. The molecule has 0 saturated heterocycles. The van der Waals surface area contributed by atoms with E-state index in [9.17, 15) is 0 Å². The summed E-state index contributed by atoms with van der Waals surface area (Å²) >= 11 is 0. The second-order valence-electron chi connectivity index (χ2n) is 0.588. The number of hydrogen-bond acceptors (Lipinski definition) is 4. The fraction of sp³-hybridized carbons (Fsp3) is 0.333. The van der Waals surface area contributed by atoms with Gasteiger partial charge >= 0.3 is 45.3 Å². The van der Waals surface area contributed by atoms with Crippen molar-refractivity contribution in [2.24, 2.45) is 0 Å². The first-order valence-electron chi connectivity index (χ1n) is 1.38. The molecule has 0 aliphatic carbocycles. The van der Waals surface area contributed by atoms with Gasteiger partial charge < -0.3 is 19.8 Å². The maximum absolute atomic E-state index is 8.89. The Bertz CT molecular complexity index is 62.8. The van der Waals surface area contributed by atoms with Crippen molar-refractivity contribution in [1.82, 2.24) is 0 Å². The summed E-state index contributed by atoms with van der Waals surface area (Å²) in [5.74, 6) is -1.08.